The van der Waals surface area contributed by atoms with Crippen LogP contribution in [-0.2, 0) is 6.54 Å². The molecule has 3 rings (SSSR count). The van der Waals surface area contributed by atoms with Crippen LogP contribution in [0.1, 0.15) is 25.9 Å². The summed E-state index contributed by atoms with van der Waals surface area (Å²) in [5.74, 6) is -1.33. The highest BCUT2D eigenvalue weighted by Crippen LogP contribution is 2.13. The van der Waals surface area contributed by atoms with Crippen molar-refractivity contribution >= 4 is 34.2 Å². The maximum atomic E-state index is 12.0. The molecule has 3 N–H and O–H groups in total. The number of amides is 1. The number of thiazole rings is 1. The van der Waals surface area contributed by atoms with Crippen LogP contribution in [-0.4, -0.2) is 31.9 Å². The SMILES string of the molecule is O=C(NCc1nc(C(=O)O)cs1)c1ccc2nc[nH]c2c1. The summed E-state index contributed by atoms with van der Waals surface area (Å²) in [7, 11) is 0. The van der Waals surface area contributed by atoms with Crippen molar-refractivity contribution in [1.82, 2.24) is 20.3 Å². The molecule has 7 nitrogen and oxygen atoms in total. The van der Waals surface area contributed by atoms with Crippen molar-refractivity contribution in [3.63, 3.8) is 0 Å². The van der Waals surface area contributed by atoms with Crippen LogP contribution in [0.5, 0.6) is 0 Å². The largest absolute Gasteiger partial charge is 0.476 e. The third-order valence-corrected chi connectivity index (χ3v) is 3.70. The second-order valence-corrected chi connectivity index (χ2v) is 5.19. The summed E-state index contributed by atoms with van der Waals surface area (Å²) in [5, 5.41) is 13.5. The lowest BCUT2D eigenvalue weighted by Crippen LogP contribution is -2.22. The molecule has 0 spiro atoms. The zero-order valence-corrected chi connectivity index (χ0v) is 11.5. The van der Waals surface area contributed by atoms with E-state index >= 15 is 0 Å². The van der Waals surface area contributed by atoms with Gasteiger partial charge >= 0.3 is 5.97 Å². The highest BCUT2D eigenvalue weighted by atomic mass is 32.1. The van der Waals surface area contributed by atoms with Crippen molar-refractivity contribution in [2.24, 2.45) is 0 Å². The number of aromatic nitrogens is 3. The third kappa shape index (κ3) is 2.75. The maximum Gasteiger partial charge on any atom is 0.355 e. The molecule has 0 bridgehead atoms. The number of carboxylic acids is 1. The molecule has 106 valence electrons. The number of fused-ring (bicyclic) bond motifs is 1. The third-order valence-electron chi connectivity index (χ3n) is 2.85. The smallest absolute Gasteiger partial charge is 0.355 e. The van der Waals surface area contributed by atoms with Crippen LogP contribution in [0.2, 0.25) is 0 Å². The van der Waals surface area contributed by atoms with Gasteiger partial charge in [0.05, 0.1) is 23.9 Å². The summed E-state index contributed by atoms with van der Waals surface area (Å²) in [6.07, 6.45) is 1.56. The van der Waals surface area contributed by atoms with Gasteiger partial charge in [-0.1, -0.05) is 0 Å². The van der Waals surface area contributed by atoms with Gasteiger partial charge in [0, 0.05) is 10.9 Å². The summed E-state index contributed by atoms with van der Waals surface area (Å²) >= 11 is 1.20. The van der Waals surface area contributed by atoms with Gasteiger partial charge in [-0.15, -0.1) is 11.3 Å². The fourth-order valence-corrected chi connectivity index (χ4v) is 2.53. The number of carbonyl (C=O) groups excluding carboxylic acids is 1. The number of hydrogen-bond acceptors (Lipinski definition) is 5. The predicted octanol–water partition coefficient (Wildman–Crippen LogP) is 1.65. The van der Waals surface area contributed by atoms with E-state index in [-0.39, 0.29) is 18.1 Å². The quantitative estimate of drug-likeness (QED) is 0.679. The molecule has 0 radical (unpaired) electrons. The molecule has 2 aromatic heterocycles. The highest BCUT2D eigenvalue weighted by molar-refractivity contribution is 7.09. The number of nitrogens with zero attached hydrogens (tertiary/aromatic N) is 2. The van der Waals surface area contributed by atoms with Gasteiger partial charge in [-0.05, 0) is 18.2 Å². The van der Waals surface area contributed by atoms with Crippen LogP contribution in [0, 0.1) is 0 Å². The Labute approximate surface area is 122 Å². The lowest BCUT2D eigenvalue weighted by molar-refractivity contribution is 0.0691. The van der Waals surface area contributed by atoms with Crippen molar-refractivity contribution in [3.05, 3.63) is 46.2 Å². The van der Waals surface area contributed by atoms with Gasteiger partial charge < -0.3 is 15.4 Å². The van der Waals surface area contributed by atoms with E-state index in [9.17, 15) is 9.59 Å². The molecule has 0 aliphatic carbocycles. The first-order chi connectivity index (χ1) is 10.1. The molecule has 2 heterocycles. The number of carbonyl (C=O) groups is 2. The van der Waals surface area contributed by atoms with E-state index in [2.05, 4.69) is 20.3 Å². The molecule has 0 atom stereocenters. The zero-order chi connectivity index (χ0) is 14.8. The number of aromatic carboxylic acids is 1. The van der Waals surface area contributed by atoms with Gasteiger partial charge in [-0.3, -0.25) is 4.79 Å². The van der Waals surface area contributed by atoms with E-state index in [0.29, 0.717) is 10.6 Å². The van der Waals surface area contributed by atoms with Crippen LogP contribution in [0.25, 0.3) is 11.0 Å². The van der Waals surface area contributed by atoms with Crippen LogP contribution >= 0.6 is 11.3 Å². The molecule has 0 fully saturated rings. The summed E-state index contributed by atoms with van der Waals surface area (Å²) in [6, 6.07) is 5.15. The predicted molar refractivity (Wildman–Crippen MR) is 76.3 cm³/mol. The standard InChI is InChI=1S/C13H10N4O3S/c18-12(7-1-2-8-9(3-7)16-6-15-8)14-4-11-17-10(5-21-11)13(19)20/h1-3,5-6H,4H2,(H,14,18)(H,15,16)(H,19,20). The van der Waals surface area contributed by atoms with Crippen molar-refractivity contribution in [1.29, 1.82) is 0 Å². The number of H-pyrrole nitrogens is 1. The fourth-order valence-electron chi connectivity index (χ4n) is 1.83. The molecule has 1 amide bonds. The van der Waals surface area contributed by atoms with Gasteiger partial charge in [0.25, 0.3) is 5.91 Å². The second kappa shape index (κ2) is 5.33. The summed E-state index contributed by atoms with van der Waals surface area (Å²) in [5.41, 5.74) is 2.06. The second-order valence-electron chi connectivity index (χ2n) is 4.25. The number of rotatable bonds is 4. The Bertz CT molecular complexity index is 824. The molecular weight excluding hydrogens is 292 g/mol. The number of carboxylic acid groups (broad SMARTS) is 1. The van der Waals surface area contributed by atoms with Crippen molar-refractivity contribution in [2.45, 2.75) is 6.54 Å². The van der Waals surface area contributed by atoms with Gasteiger partial charge in [0.15, 0.2) is 5.69 Å². The van der Waals surface area contributed by atoms with E-state index in [4.69, 9.17) is 5.11 Å². The molecule has 0 unspecified atom stereocenters. The average molecular weight is 302 g/mol. The molecule has 21 heavy (non-hydrogen) atoms. The van der Waals surface area contributed by atoms with E-state index in [1.54, 1.807) is 24.5 Å². The Morgan fingerprint density at radius 3 is 3.00 bits per heavy atom. The molecule has 1 aromatic carbocycles. The first-order valence-corrected chi connectivity index (χ1v) is 6.90. The molecule has 8 heteroatoms. The molecular formula is C13H10N4O3S. The minimum atomic E-state index is -1.08. The molecule has 0 aliphatic heterocycles. The van der Waals surface area contributed by atoms with Gasteiger partial charge in [-0.2, -0.15) is 0 Å². The van der Waals surface area contributed by atoms with Crippen LogP contribution in [0.3, 0.4) is 0 Å². The monoisotopic (exact) mass is 302 g/mol. The summed E-state index contributed by atoms with van der Waals surface area (Å²) < 4.78 is 0. The summed E-state index contributed by atoms with van der Waals surface area (Å²) in [6.45, 7) is 0.192. The minimum Gasteiger partial charge on any atom is -0.476 e. The zero-order valence-electron chi connectivity index (χ0n) is 10.7. The van der Waals surface area contributed by atoms with E-state index in [1.165, 1.54) is 16.7 Å². The fraction of sp³-hybridized carbons (Fsp3) is 0.0769. The molecule has 0 saturated carbocycles. The average Bonchev–Trinajstić information content (AvgIpc) is 3.12. The first-order valence-electron chi connectivity index (χ1n) is 6.02. The van der Waals surface area contributed by atoms with Gasteiger partial charge in [0.1, 0.15) is 5.01 Å². The number of aromatic amines is 1. The lowest BCUT2D eigenvalue weighted by Gasteiger charge is -2.03. The van der Waals surface area contributed by atoms with Gasteiger partial charge in [0.2, 0.25) is 0 Å². The number of imidazole rings is 1. The number of benzene rings is 1. The van der Waals surface area contributed by atoms with Gasteiger partial charge in [-0.25, -0.2) is 14.8 Å². The summed E-state index contributed by atoms with van der Waals surface area (Å²) in [4.78, 5) is 33.7. The Morgan fingerprint density at radius 1 is 1.38 bits per heavy atom. The molecule has 0 saturated heterocycles. The highest BCUT2D eigenvalue weighted by Gasteiger charge is 2.11. The van der Waals surface area contributed by atoms with E-state index in [1.807, 2.05) is 0 Å². The van der Waals surface area contributed by atoms with E-state index < -0.39 is 5.97 Å². The molecule has 3 aromatic rings. The van der Waals surface area contributed by atoms with Crippen LogP contribution < -0.4 is 5.32 Å². The van der Waals surface area contributed by atoms with Crippen LogP contribution in [0.15, 0.2) is 29.9 Å². The van der Waals surface area contributed by atoms with Crippen LogP contribution in [0.4, 0.5) is 0 Å². The first kappa shape index (κ1) is 13.3. The Balaban J connectivity index is 1.69. The number of nitrogens with one attached hydrogen (secondary N) is 2. The Morgan fingerprint density at radius 2 is 2.24 bits per heavy atom. The normalized spacial score (nSPS) is 10.7. The van der Waals surface area contributed by atoms with E-state index in [0.717, 1.165) is 11.0 Å². The number of hydrogen-bond donors (Lipinski definition) is 3. The topological polar surface area (TPSA) is 108 Å². The van der Waals surface area contributed by atoms with Crippen molar-refractivity contribution in [2.75, 3.05) is 0 Å². The lowest BCUT2D eigenvalue weighted by atomic mass is 10.2. The Kier molecular flexibility index (Phi) is 3.36. The minimum absolute atomic E-state index is 0.0110. The maximum absolute atomic E-state index is 12.0. The molecule has 0 aliphatic rings. The Hall–Kier alpha value is -2.74. The van der Waals surface area contributed by atoms with Crippen molar-refractivity contribution in [3.8, 4) is 0 Å². The van der Waals surface area contributed by atoms with Crippen molar-refractivity contribution < 1.29 is 14.7 Å².